The molecule has 4 heteroatoms. The minimum atomic E-state index is 0.421. The molecule has 4 nitrogen and oxygen atoms in total. The maximum atomic E-state index is 5.71. The molecule has 1 aromatic heterocycles. The van der Waals surface area contributed by atoms with Gasteiger partial charge in [0.2, 0.25) is 5.95 Å². The second-order valence-corrected chi connectivity index (χ2v) is 5.61. The number of fused-ring (bicyclic) bond motifs is 2. The first-order valence-corrected chi connectivity index (χ1v) is 7.12. The maximum absolute atomic E-state index is 5.71. The monoisotopic (exact) mass is 246 g/mol. The summed E-state index contributed by atoms with van der Waals surface area (Å²) in [5.74, 6) is 1.22. The number of nitrogens with two attached hydrogens (primary N) is 1. The molecule has 1 aliphatic heterocycles. The topological polar surface area (TPSA) is 55.0 Å². The molecule has 2 heterocycles. The summed E-state index contributed by atoms with van der Waals surface area (Å²) in [5.41, 5.74) is 8.22. The highest BCUT2D eigenvalue weighted by Gasteiger charge is 2.35. The van der Waals surface area contributed by atoms with Crippen LogP contribution in [0.5, 0.6) is 0 Å². The fourth-order valence-electron chi connectivity index (χ4n) is 3.60. The summed E-state index contributed by atoms with van der Waals surface area (Å²) in [6.45, 7) is 4.74. The maximum Gasteiger partial charge on any atom is 0.220 e. The van der Waals surface area contributed by atoms with Crippen LogP contribution in [0.4, 0.5) is 5.95 Å². The summed E-state index contributed by atoms with van der Waals surface area (Å²) in [4.78, 5) is 11.2. The van der Waals surface area contributed by atoms with Gasteiger partial charge in [-0.1, -0.05) is 6.92 Å². The molecular weight excluding hydrogens is 224 g/mol. The van der Waals surface area contributed by atoms with Crippen LogP contribution in [-0.2, 0) is 12.8 Å². The Balaban J connectivity index is 1.86. The van der Waals surface area contributed by atoms with Crippen molar-refractivity contribution in [2.24, 2.45) is 5.92 Å². The fraction of sp³-hybridized carbons (Fsp3) is 0.714. The predicted molar refractivity (Wildman–Crippen MR) is 72.2 cm³/mol. The number of rotatable bonds is 2. The summed E-state index contributed by atoms with van der Waals surface area (Å²) in [7, 11) is 0. The molecule has 0 saturated carbocycles. The lowest BCUT2D eigenvalue weighted by atomic mass is 9.77. The van der Waals surface area contributed by atoms with E-state index in [9.17, 15) is 0 Å². The summed E-state index contributed by atoms with van der Waals surface area (Å²) >= 11 is 0. The largest absolute Gasteiger partial charge is 0.368 e. The smallest absolute Gasteiger partial charge is 0.220 e. The second kappa shape index (κ2) is 4.84. The van der Waals surface area contributed by atoms with Crippen LogP contribution < -0.4 is 5.73 Å². The van der Waals surface area contributed by atoms with E-state index in [-0.39, 0.29) is 0 Å². The Morgan fingerprint density at radius 3 is 3.17 bits per heavy atom. The van der Waals surface area contributed by atoms with E-state index < -0.39 is 0 Å². The van der Waals surface area contributed by atoms with E-state index in [1.54, 1.807) is 0 Å². The van der Waals surface area contributed by atoms with Crippen LogP contribution in [0.2, 0.25) is 0 Å². The van der Waals surface area contributed by atoms with Crippen molar-refractivity contribution >= 4 is 5.95 Å². The number of nitrogen functional groups attached to an aromatic ring is 1. The zero-order valence-electron chi connectivity index (χ0n) is 11.1. The molecular formula is C14H22N4. The van der Waals surface area contributed by atoms with Gasteiger partial charge in [-0.2, -0.15) is 0 Å². The quantitative estimate of drug-likeness (QED) is 0.862. The Morgan fingerprint density at radius 2 is 2.33 bits per heavy atom. The molecule has 1 saturated heterocycles. The molecule has 1 fully saturated rings. The summed E-state index contributed by atoms with van der Waals surface area (Å²) in [6, 6.07) is 0.681. The van der Waals surface area contributed by atoms with Crippen LogP contribution in [0.25, 0.3) is 0 Å². The van der Waals surface area contributed by atoms with Crippen molar-refractivity contribution in [3.63, 3.8) is 0 Å². The number of hydrogen-bond donors (Lipinski definition) is 1. The third kappa shape index (κ3) is 2.09. The van der Waals surface area contributed by atoms with E-state index in [1.165, 1.54) is 43.6 Å². The lowest BCUT2D eigenvalue weighted by Gasteiger charge is -2.44. The van der Waals surface area contributed by atoms with Crippen molar-refractivity contribution in [2.75, 3.05) is 18.8 Å². The first-order valence-electron chi connectivity index (χ1n) is 7.12. The van der Waals surface area contributed by atoms with Gasteiger partial charge in [0.25, 0.3) is 0 Å². The van der Waals surface area contributed by atoms with Crippen molar-refractivity contribution in [3.05, 3.63) is 17.5 Å². The van der Waals surface area contributed by atoms with Crippen molar-refractivity contribution in [1.82, 2.24) is 14.9 Å². The van der Waals surface area contributed by atoms with Crippen molar-refractivity contribution in [3.8, 4) is 0 Å². The minimum Gasteiger partial charge on any atom is -0.368 e. The SMILES string of the molecule is CCCN1CCC[C@@H]2Cc3cnc(N)nc3C[C@H]21. The Bertz CT molecular complexity index is 430. The summed E-state index contributed by atoms with van der Waals surface area (Å²) < 4.78 is 0. The highest BCUT2D eigenvalue weighted by Crippen LogP contribution is 2.34. The van der Waals surface area contributed by atoms with Gasteiger partial charge < -0.3 is 5.73 Å². The first kappa shape index (κ1) is 11.9. The number of piperidine rings is 1. The van der Waals surface area contributed by atoms with Crippen LogP contribution in [-0.4, -0.2) is 34.0 Å². The first-order chi connectivity index (χ1) is 8.78. The molecule has 2 N–H and O–H groups in total. The zero-order valence-corrected chi connectivity index (χ0v) is 11.1. The van der Waals surface area contributed by atoms with Gasteiger partial charge in [-0.3, -0.25) is 4.90 Å². The van der Waals surface area contributed by atoms with Crippen LogP contribution in [0.1, 0.15) is 37.4 Å². The number of anilines is 1. The highest BCUT2D eigenvalue weighted by atomic mass is 15.2. The fourth-order valence-corrected chi connectivity index (χ4v) is 3.60. The van der Waals surface area contributed by atoms with Gasteiger partial charge in [0.1, 0.15) is 0 Å². The molecule has 1 aromatic rings. The Kier molecular flexibility index (Phi) is 3.20. The van der Waals surface area contributed by atoms with Crippen molar-refractivity contribution < 1.29 is 0 Å². The Morgan fingerprint density at radius 1 is 1.44 bits per heavy atom. The van der Waals surface area contributed by atoms with Crippen LogP contribution in [0, 0.1) is 5.92 Å². The molecule has 18 heavy (non-hydrogen) atoms. The number of nitrogens with zero attached hydrogens (tertiary/aromatic N) is 3. The van der Waals surface area contributed by atoms with Gasteiger partial charge in [0, 0.05) is 18.7 Å². The van der Waals surface area contributed by atoms with Gasteiger partial charge in [0.15, 0.2) is 0 Å². The number of likely N-dealkylation sites (tertiary alicyclic amines) is 1. The molecule has 3 rings (SSSR count). The van der Waals surface area contributed by atoms with Gasteiger partial charge in [-0.05, 0) is 50.3 Å². The summed E-state index contributed by atoms with van der Waals surface area (Å²) in [5, 5.41) is 0. The van der Waals surface area contributed by atoms with E-state index in [4.69, 9.17) is 5.73 Å². The standard InChI is InChI=1S/C14H22N4/c1-2-5-18-6-3-4-10-7-11-9-16-14(15)17-12(11)8-13(10)18/h9-10,13H,2-8H2,1H3,(H2,15,16,17)/t10-,13-/m1/s1. The van der Waals surface area contributed by atoms with E-state index in [1.807, 2.05) is 6.20 Å². The molecule has 2 aliphatic rings. The molecule has 0 bridgehead atoms. The lowest BCUT2D eigenvalue weighted by Crippen LogP contribution is -2.49. The minimum absolute atomic E-state index is 0.421. The van der Waals surface area contributed by atoms with E-state index >= 15 is 0 Å². The molecule has 0 unspecified atom stereocenters. The average molecular weight is 246 g/mol. The van der Waals surface area contributed by atoms with Crippen molar-refractivity contribution in [1.29, 1.82) is 0 Å². The van der Waals surface area contributed by atoms with E-state index in [0.29, 0.717) is 12.0 Å². The second-order valence-electron chi connectivity index (χ2n) is 5.61. The molecule has 0 radical (unpaired) electrons. The third-order valence-electron chi connectivity index (χ3n) is 4.40. The highest BCUT2D eigenvalue weighted by molar-refractivity contribution is 5.29. The lowest BCUT2D eigenvalue weighted by molar-refractivity contribution is 0.0843. The van der Waals surface area contributed by atoms with Crippen LogP contribution in [0.15, 0.2) is 6.20 Å². The Labute approximate surface area is 109 Å². The van der Waals surface area contributed by atoms with E-state index in [2.05, 4.69) is 21.8 Å². The molecule has 0 spiro atoms. The molecule has 1 aliphatic carbocycles. The number of hydrogen-bond acceptors (Lipinski definition) is 4. The molecule has 98 valence electrons. The summed E-state index contributed by atoms with van der Waals surface area (Å²) in [6.07, 6.45) is 8.07. The van der Waals surface area contributed by atoms with Gasteiger partial charge in [-0.25, -0.2) is 9.97 Å². The molecule has 2 atom stereocenters. The van der Waals surface area contributed by atoms with E-state index in [0.717, 1.165) is 18.8 Å². The van der Waals surface area contributed by atoms with Gasteiger partial charge >= 0.3 is 0 Å². The van der Waals surface area contributed by atoms with Crippen LogP contribution >= 0.6 is 0 Å². The normalized spacial score (nSPS) is 27.6. The zero-order chi connectivity index (χ0) is 12.5. The Hall–Kier alpha value is -1.16. The van der Waals surface area contributed by atoms with Crippen molar-refractivity contribution in [2.45, 2.75) is 45.1 Å². The van der Waals surface area contributed by atoms with Gasteiger partial charge in [-0.15, -0.1) is 0 Å². The van der Waals surface area contributed by atoms with Crippen LogP contribution in [0.3, 0.4) is 0 Å². The average Bonchev–Trinajstić information content (AvgIpc) is 2.37. The molecule has 0 aromatic carbocycles. The van der Waals surface area contributed by atoms with Gasteiger partial charge in [0.05, 0.1) is 5.69 Å². The molecule has 0 amide bonds. The third-order valence-corrected chi connectivity index (χ3v) is 4.40. The number of aromatic nitrogens is 2. The predicted octanol–water partition coefficient (Wildman–Crippen LogP) is 1.65.